The number of hydrogen-bond acceptors (Lipinski definition) is 4. The Kier molecular flexibility index (Phi) is 4.01. The molecule has 0 radical (unpaired) electrons. The lowest BCUT2D eigenvalue weighted by Gasteiger charge is -2.29. The second kappa shape index (κ2) is 6.23. The largest absolute Gasteiger partial charge is 0.336 e. The smallest absolute Gasteiger partial charge is 0.255 e. The van der Waals surface area contributed by atoms with E-state index in [4.69, 9.17) is 0 Å². The molecule has 0 saturated carbocycles. The zero-order valence-corrected chi connectivity index (χ0v) is 14.7. The molecule has 2 fully saturated rings. The van der Waals surface area contributed by atoms with Gasteiger partial charge in [-0.05, 0) is 43.9 Å². The van der Waals surface area contributed by atoms with E-state index in [0.29, 0.717) is 23.1 Å². The molecule has 7 nitrogen and oxygen atoms in total. The van der Waals surface area contributed by atoms with E-state index >= 15 is 0 Å². The van der Waals surface area contributed by atoms with Gasteiger partial charge in [0.1, 0.15) is 6.04 Å². The van der Waals surface area contributed by atoms with Gasteiger partial charge in [-0.15, -0.1) is 0 Å². The molecule has 0 aliphatic carbocycles. The van der Waals surface area contributed by atoms with E-state index in [-0.39, 0.29) is 36.7 Å². The summed E-state index contributed by atoms with van der Waals surface area (Å²) in [5.74, 6) is -1.05. The number of nitrogens with zero attached hydrogens (tertiary/aromatic N) is 2. The van der Waals surface area contributed by atoms with Gasteiger partial charge in [-0.3, -0.25) is 24.5 Å². The first-order chi connectivity index (χ1) is 12.5. The first kappa shape index (κ1) is 16.8. The van der Waals surface area contributed by atoms with Crippen molar-refractivity contribution in [3.05, 3.63) is 34.9 Å². The number of fused-ring (bicyclic) bond motifs is 1. The van der Waals surface area contributed by atoms with Crippen molar-refractivity contribution in [3.63, 3.8) is 0 Å². The van der Waals surface area contributed by atoms with Gasteiger partial charge in [0.25, 0.3) is 11.8 Å². The molecule has 1 aromatic carbocycles. The van der Waals surface area contributed by atoms with E-state index in [1.807, 2.05) is 11.8 Å². The third kappa shape index (κ3) is 2.58. The maximum atomic E-state index is 13.0. The third-order valence-electron chi connectivity index (χ3n) is 5.63. The second-order valence-corrected chi connectivity index (χ2v) is 7.22. The summed E-state index contributed by atoms with van der Waals surface area (Å²) < 4.78 is 0. The number of likely N-dealkylation sites (tertiary alicyclic amines) is 1. The molecule has 4 amide bonds. The highest BCUT2D eigenvalue weighted by atomic mass is 16.2. The molecule has 3 heterocycles. The summed E-state index contributed by atoms with van der Waals surface area (Å²) >= 11 is 0. The summed E-state index contributed by atoms with van der Waals surface area (Å²) in [6.45, 7) is 2.99. The lowest BCUT2D eigenvalue weighted by Crippen LogP contribution is -2.52. The molecule has 26 heavy (non-hydrogen) atoms. The average Bonchev–Trinajstić information content (AvgIpc) is 3.18. The van der Waals surface area contributed by atoms with Crippen LogP contribution in [0.4, 0.5) is 0 Å². The van der Waals surface area contributed by atoms with Crippen molar-refractivity contribution in [1.29, 1.82) is 0 Å². The van der Waals surface area contributed by atoms with Crippen LogP contribution < -0.4 is 5.32 Å². The first-order valence-corrected chi connectivity index (χ1v) is 9.05. The van der Waals surface area contributed by atoms with Gasteiger partial charge < -0.3 is 9.80 Å². The fourth-order valence-electron chi connectivity index (χ4n) is 4.18. The Hall–Kier alpha value is -2.70. The summed E-state index contributed by atoms with van der Waals surface area (Å²) in [6.07, 6.45) is 2.51. The molecule has 7 heteroatoms. The van der Waals surface area contributed by atoms with Gasteiger partial charge in [-0.1, -0.05) is 6.07 Å². The average molecular weight is 355 g/mol. The summed E-state index contributed by atoms with van der Waals surface area (Å²) in [5.41, 5.74) is 1.71. The van der Waals surface area contributed by atoms with Crippen molar-refractivity contribution in [2.24, 2.45) is 0 Å². The number of nitrogens with one attached hydrogen (secondary N) is 1. The van der Waals surface area contributed by atoms with Crippen LogP contribution in [0.3, 0.4) is 0 Å². The Labute approximate surface area is 151 Å². The van der Waals surface area contributed by atoms with E-state index < -0.39 is 11.9 Å². The highest BCUT2D eigenvalue weighted by Crippen LogP contribution is 2.31. The van der Waals surface area contributed by atoms with Crippen LogP contribution in [0.2, 0.25) is 0 Å². The third-order valence-corrected chi connectivity index (χ3v) is 5.63. The van der Waals surface area contributed by atoms with Crippen LogP contribution >= 0.6 is 0 Å². The molecule has 0 bridgehead atoms. The number of carbonyl (C=O) groups is 4. The lowest BCUT2D eigenvalue weighted by molar-refractivity contribution is -0.136. The molecule has 4 rings (SSSR count). The van der Waals surface area contributed by atoms with Gasteiger partial charge in [0.15, 0.2) is 0 Å². The van der Waals surface area contributed by atoms with Crippen LogP contribution in [-0.2, 0) is 16.1 Å². The van der Waals surface area contributed by atoms with E-state index in [2.05, 4.69) is 5.32 Å². The predicted octanol–water partition coefficient (Wildman–Crippen LogP) is 1.07. The molecule has 3 aliphatic rings. The molecule has 0 spiro atoms. The minimum atomic E-state index is -0.665. The van der Waals surface area contributed by atoms with Crippen molar-refractivity contribution in [2.45, 2.75) is 51.2 Å². The number of piperidine rings is 1. The second-order valence-electron chi connectivity index (χ2n) is 7.22. The minimum Gasteiger partial charge on any atom is -0.336 e. The standard InChI is InChI=1S/C19H21N3O4/c1-11-4-3-9-21(11)18(25)12-5-2-6-13-14(12)10-22(19(13)26)15-7-8-16(23)20-17(15)24/h2,5-6,11,15H,3-4,7-10H2,1H3,(H,20,23,24)/t11-,15?/m0/s1. The number of imide groups is 1. The van der Waals surface area contributed by atoms with Crippen LogP contribution in [0.25, 0.3) is 0 Å². The van der Waals surface area contributed by atoms with Gasteiger partial charge in [0.2, 0.25) is 11.8 Å². The van der Waals surface area contributed by atoms with Crippen LogP contribution in [0.15, 0.2) is 18.2 Å². The molecule has 2 saturated heterocycles. The van der Waals surface area contributed by atoms with E-state index in [1.54, 1.807) is 18.2 Å². The van der Waals surface area contributed by atoms with Gasteiger partial charge in [-0.25, -0.2) is 0 Å². The summed E-state index contributed by atoms with van der Waals surface area (Å²) in [5, 5.41) is 2.29. The highest BCUT2D eigenvalue weighted by molar-refractivity contribution is 6.07. The monoisotopic (exact) mass is 355 g/mol. The van der Waals surface area contributed by atoms with Gasteiger partial charge in [-0.2, -0.15) is 0 Å². The number of rotatable bonds is 2. The van der Waals surface area contributed by atoms with Crippen LogP contribution in [0, 0.1) is 0 Å². The van der Waals surface area contributed by atoms with Crippen molar-refractivity contribution in [2.75, 3.05) is 6.54 Å². The Morgan fingerprint density at radius 2 is 2.00 bits per heavy atom. The summed E-state index contributed by atoms with van der Waals surface area (Å²) in [7, 11) is 0. The van der Waals surface area contributed by atoms with Crippen molar-refractivity contribution in [1.82, 2.24) is 15.1 Å². The maximum Gasteiger partial charge on any atom is 0.255 e. The van der Waals surface area contributed by atoms with Crippen molar-refractivity contribution >= 4 is 23.6 Å². The van der Waals surface area contributed by atoms with Gasteiger partial charge in [0.05, 0.1) is 0 Å². The van der Waals surface area contributed by atoms with E-state index in [1.165, 1.54) is 4.90 Å². The maximum absolute atomic E-state index is 13.0. The molecule has 0 aromatic heterocycles. The topological polar surface area (TPSA) is 86.8 Å². The first-order valence-electron chi connectivity index (χ1n) is 9.05. The lowest BCUT2D eigenvalue weighted by atomic mass is 10.0. The highest BCUT2D eigenvalue weighted by Gasteiger charge is 2.41. The summed E-state index contributed by atoms with van der Waals surface area (Å²) in [6, 6.07) is 4.71. The zero-order chi connectivity index (χ0) is 18.4. The number of amides is 4. The Bertz CT molecular complexity index is 819. The number of carbonyl (C=O) groups excluding carboxylic acids is 4. The molecule has 1 aromatic rings. The molecule has 1 unspecified atom stereocenters. The predicted molar refractivity (Wildman–Crippen MR) is 92.2 cm³/mol. The van der Waals surface area contributed by atoms with E-state index in [0.717, 1.165) is 19.4 Å². The molecular weight excluding hydrogens is 334 g/mol. The Morgan fingerprint density at radius 1 is 1.19 bits per heavy atom. The van der Waals surface area contributed by atoms with Crippen molar-refractivity contribution in [3.8, 4) is 0 Å². The Balaban J connectivity index is 1.63. The fraction of sp³-hybridized carbons (Fsp3) is 0.474. The molecular formula is C19H21N3O4. The molecule has 3 aliphatic heterocycles. The molecule has 136 valence electrons. The normalized spacial score (nSPS) is 25.5. The van der Waals surface area contributed by atoms with E-state index in [9.17, 15) is 19.2 Å². The zero-order valence-electron chi connectivity index (χ0n) is 14.7. The van der Waals surface area contributed by atoms with Gasteiger partial charge in [0, 0.05) is 36.7 Å². The molecule has 2 atom stereocenters. The molecule has 1 N–H and O–H groups in total. The number of benzene rings is 1. The van der Waals surface area contributed by atoms with Crippen LogP contribution in [0.5, 0.6) is 0 Å². The van der Waals surface area contributed by atoms with Crippen molar-refractivity contribution < 1.29 is 19.2 Å². The minimum absolute atomic E-state index is 0.0511. The Morgan fingerprint density at radius 3 is 2.69 bits per heavy atom. The van der Waals surface area contributed by atoms with Crippen LogP contribution in [0.1, 0.15) is 58.9 Å². The number of hydrogen-bond donors (Lipinski definition) is 1. The fourth-order valence-corrected chi connectivity index (χ4v) is 4.18. The summed E-state index contributed by atoms with van der Waals surface area (Å²) in [4.78, 5) is 52.7. The van der Waals surface area contributed by atoms with Crippen LogP contribution in [-0.4, -0.2) is 52.1 Å². The SMILES string of the molecule is C[C@H]1CCCN1C(=O)c1cccc2c1CN(C1CCC(=O)NC1=O)C2=O. The van der Waals surface area contributed by atoms with Gasteiger partial charge >= 0.3 is 0 Å². The quantitative estimate of drug-likeness (QED) is 0.804.